The minimum absolute atomic E-state index is 0.0199. The average molecular weight is 532 g/mol. The van der Waals surface area contributed by atoms with Gasteiger partial charge in [-0.05, 0) is 30.5 Å². The van der Waals surface area contributed by atoms with E-state index in [-0.39, 0.29) is 46.8 Å². The number of likely N-dealkylation sites (N-methyl/N-ethyl adjacent to an activating group) is 1. The van der Waals surface area contributed by atoms with Crippen LogP contribution in [-0.2, 0) is 20.0 Å². The molecule has 2 heterocycles. The molecule has 1 aromatic heterocycles. The summed E-state index contributed by atoms with van der Waals surface area (Å²) >= 11 is 1.11. The Bertz CT molecular complexity index is 1230. The Hall–Kier alpha value is -2.19. The second-order valence-electron chi connectivity index (χ2n) is 8.40. The molecule has 0 unspecified atom stereocenters. The minimum Gasteiger partial charge on any atom is -0.486 e. The lowest BCUT2D eigenvalue weighted by Crippen LogP contribution is -2.50. The highest BCUT2D eigenvalue weighted by atomic mass is 32.2. The fourth-order valence-electron chi connectivity index (χ4n) is 3.66. The first kappa shape index (κ1) is 26.4. The molecule has 34 heavy (non-hydrogen) atoms. The Labute approximate surface area is 204 Å². The van der Waals surface area contributed by atoms with Gasteiger partial charge in [0, 0.05) is 19.5 Å². The number of aliphatic hydroxyl groups excluding tert-OH is 1. The number of benzene rings is 1. The van der Waals surface area contributed by atoms with Gasteiger partial charge >= 0.3 is 0 Å². The lowest BCUT2D eigenvalue weighted by Gasteiger charge is -2.38. The number of amides is 1. The number of nitrogens with one attached hydrogen (secondary N) is 1. The molecule has 13 heteroatoms. The van der Waals surface area contributed by atoms with Crippen LogP contribution in [0.3, 0.4) is 0 Å². The van der Waals surface area contributed by atoms with Crippen LogP contribution in [0.5, 0.6) is 5.75 Å². The molecule has 3 atom stereocenters. The van der Waals surface area contributed by atoms with E-state index in [4.69, 9.17) is 4.74 Å². The van der Waals surface area contributed by atoms with Gasteiger partial charge in [-0.15, -0.1) is 11.3 Å². The van der Waals surface area contributed by atoms with Gasteiger partial charge < -0.3 is 14.7 Å². The molecule has 2 N–H and O–H groups in total. The van der Waals surface area contributed by atoms with Gasteiger partial charge in [-0.1, -0.05) is 19.1 Å². The number of nitrogens with zero attached hydrogens (tertiary/aromatic N) is 2. The number of anilines is 1. The van der Waals surface area contributed by atoms with Crippen molar-refractivity contribution in [1.82, 2.24) is 9.21 Å². The Morgan fingerprint density at radius 3 is 2.56 bits per heavy atom. The summed E-state index contributed by atoms with van der Waals surface area (Å²) in [5.74, 6) is -0.747. The summed E-state index contributed by atoms with van der Waals surface area (Å²) in [5, 5.41) is 11.4. The van der Waals surface area contributed by atoms with Crippen LogP contribution in [0.25, 0.3) is 0 Å². The standard InChI is InChI=1S/C21H29N3O7S3/c1-14-11-24(15(2)13-25)21(26)16-7-5-8-17(22-33(4,27)28)20(16)31-18(14)12-23(3)34(29,30)19-9-6-10-32-19/h5-10,14-15,18,22,25H,11-13H2,1-4H3/t14-,15-,18-/m1/s1. The summed E-state index contributed by atoms with van der Waals surface area (Å²) in [7, 11) is -6.00. The molecular formula is C21H29N3O7S3. The Morgan fingerprint density at radius 1 is 1.26 bits per heavy atom. The normalized spacial score (nSPS) is 20.3. The van der Waals surface area contributed by atoms with E-state index in [1.807, 2.05) is 6.92 Å². The van der Waals surface area contributed by atoms with Gasteiger partial charge in [0.05, 0.1) is 36.7 Å². The number of ether oxygens (including phenoxy) is 1. The second-order valence-corrected chi connectivity index (χ2v) is 13.4. The van der Waals surface area contributed by atoms with Crippen molar-refractivity contribution in [1.29, 1.82) is 0 Å². The molecule has 1 aliphatic heterocycles. The first-order valence-electron chi connectivity index (χ1n) is 10.5. The molecule has 0 spiro atoms. The van der Waals surface area contributed by atoms with Crippen LogP contribution in [0.15, 0.2) is 39.9 Å². The fraction of sp³-hybridized carbons (Fsp3) is 0.476. The second kappa shape index (κ2) is 10.2. The number of para-hydroxylation sites is 1. The van der Waals surface area contributed by atoms with Crippen LogP contribution in [0, 0.1) is 5.92 Å². The van der Waals surface area contributed by atoms with Gasteiger partial charge in [-0.2, -0.15) is 4.31 Å². The van der Waals surface area contributed by atoms with Gasteiger partial charge in [0.1, 0.15) is 10.3 Å². The molecule has 0 bridgehead atoms. The van der Waals surface area contributed by atoms with Crippen molar-refractivity contribution in [2.45, 2.75) is 30.2 Å². The first-order valence-corrected chi connectivity index (χ1v) is 14.8. The van der Waals surface area contributed by atoms with Crippen molar-refractivity contribution in [3.63, 3.8) is 0 Å². The zero-order valence-electron chi connectivity index (χ0n) is 19.3. The Morgan fingerprint density at radius 2 is 1.97 bits per heavy atom. The predicted molar refractivity (Wildman–Crippen MR) is 130 cm³/mol. The smallest absolute Gasteiger partial charge is 0.258 e. The summed E-state index contributed by atoms with van der Waals surface area (Å²) in [6, 6.07) is 7.18. The molecule has 10 nitrogen and oxygen atoms in total. The van der Waals surface area contributed by atoms with Gasteiger partial charge in [0.2, 0.25) is 10.0 Å². The minimum atomic E-state index is -3.76. The van der Waals surface area contributed by atoms with Crippen molar-refractivity contribution in [3.05, 3.63) is 41.3 Å². The highest BCUT2D eigenvalue weighted by Crippen LogP contribution is 2.35. The van der Waals surface area contributed by atoms with Crippen molar-refractivity contribution in [2.75, 3.05) is 37.7 Å². The number of rotatable bonds is 8. The SMILES string of the molecule is C[C@@H]1CN([C@H](C)CO)C(=O)c2cccc(NS(C)(=O)=O)c2O[C@@H]1CN(C)S(=O)(=O)c1cccs1. The fourth-order valence-corrected chi connectivity index (χ4v) is 6.60. The largest absolute Gasteiger partial charge is 0.486 e. The summed E-state index contributed by atoms with van der Waals surface area (Å²) in [6.07, 6.45) is 0.265. The van der Waals surface area contributed by atoms with Crippen molar-refractivity contribution in [3.8, 4) is 5.75 Å². The summed E-state index contributed by atoms with van der Waals surface area (Å²) < 4.78 is 59.8. The third-order valence-electron chi connectivity index (χ3n) is 5.58. The highest BCUT2D eigenvalue weighted by Gasteiger charge is 2.36. The number of carbonyl (C=O) groups excluding carboxylic acids is 1. The van der Waals surface area contributed by atoms with E-state index in [1.165, 1.54) is 40.5 Å². The van der Waals surface area contributed by atoms with E-state index in [1.54, 1.807) is 18.4 Å². The lowest BCUT2D eigenvalue weighted by molar-refractivity contribution is 0.0389. The van der Waals surface area contributed by atoms with E-state index in [9.17, 15) is 26.7 Å². The monoisotopic (exact) mass is 531 g/mol. The molecule has 0 radical (unpaired) electrons. The molecule has 0 saturated heterocycles. The maximum absolute atomic E-state index is 13.3. The summed E-state index contributed by atoms with van der Waals surface area (Å²) in [5.41, 5.74) is 0.197. The molecule has 0 aliphatic carbocycles. The molecule has 188 valence electrons. The third-order valence-corrected chi connectivity index (χ3v) is 9.37. The van der Waals surface area contributed by atoms with Crippen molar-refractivity contribution in [2.24, 2.45) is 5.92 Å². The van der Waals surface area contributed by atoms with E-state index >= 15 is 0 Å². The predicted octanol–water partition coefficient (Wildman–Crippen LogP) is 1.66. The van der Waals surface area contributed by atoms with Crippen LogP contribution in [0.2, 0.25) is 0 Å². The summed E-state index contributed by atoms with van der Waals surface area (Å²) in [4.78, 5) is 14.8. The molecule has 3 rings (SSSR count). The Kier molecular flexibility index (Phi) is 7.92. The zero-order chi connectivity index (χ0) is 25.3. The van der Waals surface area contributed by atoms with E-state index in [0.29, 0.717) is 0 Å². The van der Waals surface area contributed by atoms with Gasteiger partial charge in [0.25, 0.3) is 15.9 Å². The molecule has 2 aromatic rings. The van der Waals surface area contributed by atoms with E-state index < -0.39 is 38.1 Å². The van der Waals surface area contributed by atoms with Crippen molar-refractivity contribution < 1.29 is 31.5 Å². The molecular weight excluding hydrogens is 502 g/mol. The van der Waals surface area contributed by atoms with Crippen LogP contribution < -0.4 is 9.46 Å². The number of sulfonamides is 2. The average Bonchev–Trinajstić information content (AvgIpc) is 3.30. The highest BCUT2D eigenvalue weighted by molar-refractivity contribution is 7.92. The molecule has 1 aromatic carbocycles. The Balaban J connectivity index is 2.06. The number of hydrogen-bond acceptors (Lipinski definition) is 8. The number of fused-ring (bicyclic) bond motifs is 1. The molecule has 1 aliphatic rings. The number of carbonyl (C=O) groups is 1. The third kappa shape index (κ3) is 5.71. The van der Waals surface area contributed by atoms with E-state index in [0.717, 1.165) is 17.6 Å². The quantitative estimate of drug-likeness (QED) is 0.529. The van der Waals surface area contributed by atoms with E-state index in [2.05, 4.69) is 4.72 Å². The maximum Gasteiger partial charge on any atom is 0.258 e. The molecule has 0 saturated carbocycles. The molecule has 0 fully saturated rings. The van der Waals surface area contributed by atoms with Crippen LogP contribution in [-0.4, -0.2) is 82.2 Å². The summed E-state index contributed by atoms with van der Waals surface area (Å²) in [6.45, 7) is 3.42. The van der Waals surface area contributed by atoms with Crippen LogP contribution >= 0.6 is 11.3 Å². The lowest BCUT2D eigenvalue weighted by atomic mass is 9.99. The number of hydrogen-bond donors (Lipinski definition) is 2. The maximum atomic E-state index is 13.3. The van der Waals surface area contributed by atoms with Crippen molar-refractivity contribution >= 4 is 43.0 Å². The van der Waals surface area contributed by atoms with Crippen LogP contribution in [0.1, 0.15) is 24.2 Å². The van der Waals surface area contributed by atoms with Gasteiger partial charge in [-0.25, -0.2) is 16.8 Å². The number of aliphatic hydroxyl groups is 1. The first-order chi connectivity index (χ1) is 15.8. The topological polar surface area (TPSA) is 133 Å². The van der Waals surface area contributed by atoms with Crippen LogP contribution in [0.4, 0.5) is 5.69 Å². The van der Waals surface area contributed by atoms with Gasteiger partial charge in [-0.3, -0.25) is 9.52 Å². The molecule has 1 amide bonds. The zero-order valence-corrected chi connectivity index (χ0v) is 21.8. The van der Waals surface area contributed by atoms with Gasteiger partial charge in [0.15, 0.2) is 5.75 Å². The number of thiophene rings is 1.